The van der Waals surface area contributed by atoms with E-state index in [9.17, 15) is 23.6 Å². The second-order valence-corrected chi connectivity index (χ2v) is 10.4. The first-order valence-electron chi connectivity index (χ1n) is 13.3. The molecule has 1 atom stereocenters. The first kappa shape index (κ1) is 29.4. The number of ether oxygens (including phenoxy) is 1. The van der Waals surface area contributed by atoms with E-state index in [1.165, 1.54) is 59.2 Å². The van der Waals surface area contributed by atoms with Crippen molar-refractivity contribution < 1.29 is 23.5 Å². The van der Waals surface area contributed by atoms with E-state index in [1.807, 2.05) is 4.57 Å². The maximum absolute atomic E-state index is 13.9. The zero-order chi connectivity index (χ0) is 29.7. The summed E-state index contributed by atoms with van der Waals surface area (Å²) in [5.41, 5.74) is 0.653. The molecule has 1 N–H and O–H groups in total. The van der Waals surface area contributed by atoms with Crippen molar-refractivity contribution in [2.24, 2.45) is 5.92 Å². The third kappa shape index (κ3) is 7.56. The van der Waals surface area contributed by atoms with Gasteiger partial charge in [-0.3, -0.25) is 19.0 Å². The molecule has 13 heteroatoms. The van der Waals surface area contributed by atoms with E-state index in [0.29, 0.717) is 23.8 Å². The van der Waals surface area contributed by atoms with Gasteiger partial charge in [0.25, 0.3) is 11.5 Å². The molecule has 1 saturated carbocycles. The van der Waals surface area contributed by atoms with Gasteiger partial charge in [-0.15, -0.1) is 0 Å². The molecule has 218 valence electrons. The fourth-order valence-electron chi connectivity index (χ4n) is 4.10. The van der Waals surface area contributed by atoms with Crippen molar-refractivity contribution >= 4 is 34.6 Å². The van der Waals surface area contributed by atoms with Gasteiger partial charge in [0.2, 0.25) is 5.91 Å². The summed E-state index contributed by atoms with van der Waals surface area (Å²) < 4.78 is 22.5. The fourth-order valence-corrected chi connectivity index (χ4v) is 4.10. The molecule has 0 bridgehead atoms. The van der Waals surface area contributed by atoms with Gasteiger partial charge in [-0.25, -0.2) is 19.2 Å². The molecule has 1 fully saturated rings. The highest BCUT2D eigenvalue weighted by molar-refractivity contribution is 5.95. The first-order valence-corrected chi connectivity index (χ1v) is 13.3. The van der Waals surface area contributed by atoms with E-state index in [0.717, 1.165) is 18.4 Å². The Balaban J connectivity index is 1.53. The number of nitrogens with zero attached hydrogens (tertiary/aromatic N) is 6. The minimum Gasteiger partial charge on any atom is -0.436 e. The van der Waals surface area contributed by atoms with E-state index in [2.05, 4.69) is 15.3 Å². The number of anilines is 1. The summed E-state index contributed by atoms with van der Waals surface area (Å²) in [7, 11) is 6.20. The lowest BCUT2D eigenvalue weighted by Gasteiger charge is -2.19. The second-order valence-electron chi connectivity index (χ2n) is 10.4. The van der Waals surface area contributed by atoms with E-state index in [-0.39, 0.29) is 31.0 Å². The molecular formula is C28H34FN7O5. The summed E-state index contributed by atoms with van der Waals surface area (Å²) in [4.78, 5) is 61.7. The van der Waals surface area contributed by atoms with Gasteiger partial charge in [0, 0.05) is 40.8 Å². The molecule has 0 spiro atoms. The average Bonchev–Trinajstić information content (AvgIpc) is 3.68. The van der Waals surface area contributed by atoms with Gasteiger partial charge in [0.15, 0.2) is 6.10 Å². The number of benzene rings is 1. The Morgan fingerprint density at radius 3 is 2.63 bits per heavy atom. The van der Waals surface area contributed by atoms with E-state index >= 15 is 0 Å². The number of likely N-dealkylation sites (N-methyl/N-ethyl adjacent to an activating group) is 1. The summed E-state index contributed by atoms with van der Waals surface area (Å²) in [6.45, 7) is 0.770. The van der Waals surface area contributed by atoms with Crippen molar-refractivity contribution in [3.63, 3.8) is 0 Å². The van der Waals surface area contributed by atoms with Crippen LogP contribution in [0.1, 0.15) is 31.5 Å². The number of allylic oxidation sites excluding steroid dienone is 1. The van der Waals surface area contributed by atoms with Crippen molar-refractivity contribution in [3.05, 3.63) is 64.9 Å². The van der Waals surface area contributed by atoms with Gasteiger partial charge in [-0.1, -0.05) is 6.08 Å². The molecule has 2 heterocycles. The smallest absolute Gasteiger partial charge is 0.410 e. The number of fused-ring (bicyclic) bond motifs is 1. The van der Waals surface area contributed by atoms with Crippen LogP contribution in [0.3, 0.4) is 0 Å². The topological polar surface area (TPSA) is 132 Å². The maximum atomic E-state index is 13.9. The molecule has 12 nitrogen and oxygen atoms in total. The zero-order valence-corrected chi connectivity index (χ0v) is 23.5. The van der Waals surface area contributed by atoms with Crippen LogP contribution in [0.4, 0.5) is 14.9 Å². The Hall–Kier alpha value is -4.55. The average molecular weight is 568 g/mol. The van der Waals surface area contributed by atoms with Crippen molar-refractivity contribution in [2.75, 3.05) is 33.5 Å². The number of carbonyl (C=O) groups is 3. The van der Waals surface area contributed by atoms with Crippen molar-refractivity contribution in [2.45, 2.75) is 44.9 Å². The SMILES string of the molecule is CN(C)C(=O)/C=C/CC[C@H](OC(=O)N(C)C)C(=O)Nc1cncn(Cc2nc3cc(F)ccc3n2CC2CC2)c1=O. The lowest BCUT2D eigenvalue weighted by atomic mass is 10.1. The van der Waals surface area contributed by atoms with Crippen molar-refractivity contribution in [1.82, 2.24) is 28.9 Å². The number of carbonyl (C=O) groups excluding carboxylic acids is 3. The van der Waals surface area contributed by atoms with Crippen LogP contribution in [-0.4, -0.2) is 81.1 Å². The van der Waals surface area contributed by atoms with Gasteiger partial charge in [-0.05, 0) is 49.8 Å². The minimum absolute atomic E-state index is 0.0578. The van der Waals surface area contributed by atoms with Crippen LogP contribution in [-0.2, 0) is 27.4 Å². The quantitative estimate of drug-likeness (QED) is 0.353. The highest BCUT2D eigenvalue weighted by atomic mass is 19.1. The number of halogens is 1. The highest BCUT2D eigenvalue weighted by Gasteiger charge is 2.26. The number of nitrogens with one attached hydrogen (secondary N) is 1. The van der Waals surface area contributed by atoms with Crippen molar-refractivity contribution in [1.29, 1.82) is 0 Å². The molecule has 3 amide bonds. The lowest BCUT2D eigenvalue weighted by Crippen LogP contribution is -2.37. The Labute approximate surface area is 236 Å². The molecule has 2 aromatic heterocycles. The molecule has 3 aromatic rings. The number of rotatable bonds is 11. The van der Waals surface area contributed by atoms with E-state index < -0.39 is 29.5 Å². The van der Waals surface area contributed by atoms with Crippen LogP contribution < -0.4 is 10.9 Å². The van der Waals surface area contributed by atoms with Crippen molar-refractivity contribution in [3.8, 4) is 0 Å². The standard InChI is InChI=1S/C28H34FN7O5/c1-33(2)25(37)8-6-5-7-23(41-28(40)34(3)4)26(38)32-21-14-30-17-35(27(21)39)16-24-31-20-13-19(29)11-12-22(20)36(24)15-18-9-10-18/h6,8,11-14,17-18,23H,5,7,9-10,15-16H2,1-4H3,(H,32,38)/b8-6+/t23-/m0/s1. The Bertz CT molecular complexity index is 1520. The molecule has 1 aliphatic carbocycles. The number of imidazole rings is 1. The van der Waals surface area contributed by atoms with Crippen LogP contribution >= 0.6 is 0 Å². The molecule has 0 saturated heterocycles. The molecule has 0 radical (unpaired) electrons. The van der Waals surface area contributed by atoms with Gasteiger partial charge in [-0.2, -0.15) is 0 Å². The predicted octanol–water partition coefficient (Wildman–Crippen LogP) is 2.62. The van der Waals surface area contributed by atoms with Crippen LogP contribution in [0.5, 0.6) is 0 Å². The molecule has 0 aliphatic heterocycles. The largest absolute Gasteiger partial charge is 0.436 e. The number of hydrogen-bond acceptors (Lipinski definition) is 7. The zero-order valence-electron chi connectivity index (χ0n) is 23.5. The highest BCUT2D eigenvalue weighted by Crippen LogP contribution is 2.32. The third-order valence-corrected chi connectivity index (χ3v) is 6.60. The third-order valence-electron chi connectivity index (χ3n) is 6.60. The normalized spacial score (nSPS) is 13.8. The summed E-state index contributed by atoms with van der Waals surface area (Å²) in [5, 5.41) is 2.53. The van der Waals surface area contributed by atoms with Gasteiger partial charge >= 0.3 is 6.09 Å². The Kier molecular flexibility index (Phi) is 9.15. The van der Waals surface area contributed by atoms with Crippen LogP contribution in [0.2, 0.25) is 0 Å². The number of aromatic nitrogens is 4. The number of amides is 3. The van der Waals surface area contributed by atoms with Crippen LogP contribution in [0, 0.1) is 11.7 Å². The predicted molar refractivity (Wildman–Crippen MR) is 150 cm³/mol. The molecular weight excluding hydrogens is 533 g/mol. The van der Waals surface area contributed by atoms with E-state index in [4.69, 9.17) is 4.74 Å². The second kappa shape index (κ2) is 12.7. The van der Waals surface area contributed by atoms with E-state index in [1.54, 1.807) is 26.2 Å². The van der Waals surface area contributed by atoms with Gasteiger partial charge < -0.3 is 24.4 Å². The van der Waals surface area contributed by atoms with Gasteiger partial charge in [0.05, 0.1) is 30.1 Å². The monoisotopic (exact) mass is 567 g/mol. The Morgan fingerprint density at radius 2 is 1.95 bits per heavy atom. The number of hydrogen-bond donors (Lipinski definition) is 1. The first-order chi connectivity index (χ1) is 19.5. The minimum atomic E-state index is -1.23. The maximum Gasteiger partial charge on any atom is 0.410 e. The summed E-state index contributed by atoms with van der Waals surface area (Å²) in [6, 6.07) is 4.43. The lowest BCUT2D eigenvalue weighted by molar-refractivity contribution is -0.125. The van der Waals surface area contributed by atoms with Crippen LogP contribution in [0.25, 0.3) is 11.0 Å². The summed E-state index contributed by atoms with van der Waals surface area (Å²) in [5.74, 6) is -0.243. The summed E-state index contributed by atoms with van der Waals surface area (Å²) >= 11 is 0. The summed E-state index contributed by atoms with van der Waals surface area (Å²) in [6.07, 6.45) is 6.12. The molecule has 41 heavy (non-hydrogen) atoms. The van der Waals surface area contributed by atoms with Crippen LogP contribution in [0.15, 0.2) is 47.7 Å². The Morgan fingerprint density at radius 1 is 1.20 bits per heavy atom. The molecule has 1 aromatic carbocycles. The molecule has 4 rings (SSSR count). The van der Waals surface area contributed by atoms with Gasteiger partial charge in [0.1, 0.15) is 17.3 Å². The fraction of sp³-hybridized carbons (Fsp3) is 0.429. The molecule has 0 unspecified atom stereocenters. The molecule has 1 aliphatic rings.